The molecule has 1 fully saturated rings. The fourth-order valence-corrected chi connectivity index (χ4v) is 6.78. The molecule has 7 nitrogen and oxygen atoms in total. The molecule has 1 saturated heterocycles. The molecule has 0 radical (unpaired) electrons. The van der Waals surface area contributed by atoms with E-state index >= 15 is 0 Å². The average molecular weight is 550 g/mol. The van der Waals surface area contributed by atoms with Crippen molar-refractivity contribution in [2.75, 3.05) is 12.0 Å². The molecule has 4 aliphatic rings. The number of Topliss-reactive ketones (excluding diaryl/α,β-unsaturated/α-hetero) is 1. The first-order valence-electron chi connectivity index (χ1n) is 14.0. The first-order valence-corrected chi connectivity index (χ1v) is 14.0. The molecule has 1 heterocycles. The third-order valence-corrected chi connectivity index (χ3v) is 8.90. The third kappa shape index (κ3) is 4.27. The SMILES string of the molecule is CCc1ccc(N2C(=O)[C@H]3[C@H](CC=C4[C@H](C=Cc5ccc(O)c(OC)c5)C5=C(C[C@H]43)C(=O)C=C(C)C5=O)C2=O)cc1. The Morgan fingerprint density at radius 1 is 1.02 bits per heavy atom. The average Bonchev–Trinajstić information content (AvgIpc) is 3.24. The highest BCUT2D eigenvalue weighted by Gasteiger charge is 2.56. The molecule has 2 aromatic rings. The molecule has 0 aromatic heterocycles. The number of anilines is 1. The summed E-state index contributed by atoms with van der Waals surface area (Å²) in [6.45, 7) is 3.69. The monoisotopic (exact) mass is 549 g/mol. The number of benzene rings is 2. The molecule has 41 heavy (non-hydrogen) atoms. The Kier molecular flexibility index (Phi) is 6.60. The van der Waals surface area contributed by atoms with E-state index in [1.165, 1.54) is 24.2 Å². The summed E-state index contributed by atoms with van der Waals surface area (Å²) in [4.78, 5) is 55.5. The van der Waals surface area contributed by atoms with Crippen LogP contribution in [0.4, 0.5) is 5.69 Å². The van der Waals surface area contributed by atoms with Crippen LogP contribution >= 0.6 is 0 Å². The lowest BCUT2D eigenvalue weighted by Gasteiger charge is -2.41. The maximum Gasteiger partial charge on any atom is 0.238 e. The maximum atomic E-state index is 13.9. The molecular formula is C34H31NO6. The first-order chi connectivity index (χ1) is 19.7. The fourth-order valence-electron chi connectivity index (χ4n) is 6.78. The summed E-state index contributed by atoms with van der Waals surface area (Å²) < 4.78 is 5.24. The van der Waals surface area contributed by atoms with E-state index in [1.807, 2.05) is 49.4 Å². The topological polar surface area (TPSA) is 101 Å². The highest BCUT2D eigenvalue weighted by atomic mass is 16.5. The van der Waals surface area contributed by atoms with Gasteiger partial charge in [-0.2, -0.15) is 0 Å². The standard InChI is InChI=1S/C34H31NO6/c1-4-19-5-9-21(10-6-19)35-33(39)24-13-12-22-23(11-7-20-8-14-27(36)29(16-20)41-3)30-26(17-25(22)31(24)34(35)40)28(37)15-18(2)32(30)38/h5-12,14-16,23-25,31,36H,4,13,17H2,1-3H3/t23-,24-,25+,31-/m0/s1. The smallest absolute Gasteiger partial charge is 0.238 e. The molecule has 0 unspecified atom stereocenters. The van der Waals surface area contributed by atoms with Gasteiger partial charge in [0.05, 0.1) is 24.6 Å². The number of phenols is 1. The van der Waals surface area contributed by atoms with Gasteiger partial charge in [0.15, 0.2) is 23.1 Å². The summed E-state index contributed by atoms with van der Waals surface area (Å²) in [5, 5.41) is 10.00. The zero-order chi connectivity index (χ0) is 29.0. The number of rotatable bonds is 5. The molecule has 208 valence electrons. The minimum atomic E-state index is -0.609. The van der Waals surface area contributed by atoms with Crippen molar-refractivity contribution in [1.29, 1.82) is 0 Å². The molecule has 0 spiro atoms. The van der Waals surface area contributed by atoms with Crippen molar-refractivity contribution in [1.82, 2.24) is 0 Å². The number of carbonyl (C=O) groups excluding carboxylic acids is 4. The van der Waals surface area contributed by atoms with Crippen molar-refractivity contribution in [3.8, 4) is 11.5 Å². The molecule has 0 saturated carbocycles. The van der Waals surface area contributed by atoms with E-state index in [0.717, 1.165) is 23.1 Å². The summed E-state index contributed by atoms with van der Waals surface area (Å²) in [5.41, 5.74) is 4.57. The second-order valence-corrected chi connectivity index (χ2v) is 11.1. The molecule has 4 atom stereocenters. The first kappa shape index (κ1) is 26.7. The summed E-state index contributed by atoms with van der Waals surface area (Å²) in [6.07, 6.45) is 8.59. The van der Waals surface area contributed by atoms with Crippen LogP contribution in [-0.4, -0.2) is 35.6 Å². The number of phenolic OH excluding ortho intramolecular Hbond substituents is 1. The molecular weight excluding hydrogens is 518 g/mol. The number of ketones is 2. The van der Waals surface area contributed by atoms with Gasteiger partial charge in [-0.15, -0.1) is 0 Å². The second kappa shape index (κ2) is 10.1. The van der Waals surface area contributed by atoms with Crippen LogP contribution in [0.5, 0.6) is 11.5 Å². The molecule has 2 amide bonds. The summed E-state index contributed by atoms with van der Waals surface area (Å²) in [7, 11) is 1.47. The number of ether oxygens (including phenoxy) is 1. The Morgan fingerprint density at radius 2 is 1.78 bits per heavy atom. The molecule has 1 aliphatic heterocycles. The lowest BCUT2D eigenvalue weighted by Crippen LogP contribution is -2.40. The molecule has 6 rings (SSSR count). The Hall–Kier alpha value is -4.52. The number of fused-ring (bicyclic) bond motifs is 3. The number of amides is 2. The number of hydrogen-bond acceptors (Lipinski definition) is 6. The zero-order valence-corrected chi connectivity index (χ0v) is 23.2. The van der Waals surface area contributed by atoms with Crippen molar-refractivity contribution in [3.05, 3.63) is 94.1 Å². The van der Waals surface area contributed by atoms with E-state index in [-0.39, 0.29) is 41.5 Å². The Bertz CT molecular complexity index is 1620. The minimum Gasteiger partial charge on any atom is -0.504 e. The summed E-state index contributed by atoms with van der Waals surface area (Å²) in [5.74, 6) is -2.55. The highest BCUT2D eigenvalue weighted by Crippen LogP contribution is 2.53. The van der Waals surface area contributed by atoms with Gasteiger partial charge < -0.3 is 9.84 Å². The Balaban J connectivity index is 1.41. The third-order valence-electron chi connectivity index (χ3n) is 8.90. The van der Waals surface area contributed by atoms with Crippen LogP contribution in [0.25, 0.3) is 6.08 Å². The Morgan fingerprint density at radius 3 is 2.49 bits per heavy atom. The highest BCUT2D eigenvalue weighted by molar-refractivity contribution is 6.24. The number of carbonyl (C=O) groups is 4. The van der Waals surface area contributed by atoms with E-state index < -0.39 is 17.8 Å². The van der Waals surface area contributed by atoms with Crippen molar-refractivity contribution < 1.29 is 29.0 Å². The predicted molar refractivity (Wildman–Crippen MR) is 154 cm³/mol. The van der Waals surface area contributed by atoms with Gasteiger partial charge in [0.2, 0.25) is 11.8 Å². The Labute approximate surface area is 238 Å². The number of hydrogen-bond donors (Lipinski definition) is 1. The maximum absolute atomic E-state index is 13.9. The van der Waals surface area contributed by atoms with Gasteiger partial charge in [-0.3, -0.25) is 24.1 Å². The van der Waals surface area contributed by atoms with Crippen molar-refractivity contribution in [2.24, 2.45) is 23.7 Å². The van der Waals surface area contributed by atoms with E-state index in [1.54, 1.807) is 19.1 Å². The van der Waals surface area contributed by atoms with Crippen LogP contribution in [0.3, 0.4) is 0 Å². The largest absolute Gasteiger partial charge is 0.504 e. The van der Waals surface area contributed by atoms with Crippen LogP contribution in [0.2, 0.25) is 0 Å². The fraction of sp³-hybridized carbons (Fsp3) is 0.294. The van der Waals surface area contributed by atoms with Crippen LogP contribution in [0.15, 0.2) is 83.0 Å². The van der Waals surface area contributed by atoms with Crippen molar-refractivity contribution >= 4 is 35.1 Å². The van der Waals surface area contributed by atoms with Crippen molar-refractivity contribution in [3.63, 3.8) is 0 Å². The van der Waals surface area contributed by atoms with Gasteiger partial charge >= 0.3 is 0 Å². The lowest BCUT2D eigenvalue weighted by atomic mass is 9.60. The van der Waals surface area contributed by atoms with Crippen LogP contribution in [0, 0.1) is 23.7 Å². The number of methoxy groups -OCH3 is 1. The van der Waals surface area contributed by atoms with Gasteiger partial charge in [0.25, 0.3) is 0 Å². The molecule has 3 aliphatic carbocycles. The second-order valence-electron chi connectivity index (χ2n) is 11.1. The van der Waals surface area contributed by atoms with E-state index in [9.17, 15) is 24.3 Å². The van der Waals surface area contributed by atoms with Crippen LogP contribution in [-0.2, 0) is 25.6 Å². The number of allylic oxidation sites excluding steroid dienone is 7. The van der Waals surface area contributed by atoms with Crippen LogP contribution < -0.4 is 9.64 Å². The number of imide groups is 1. The van der Waals surface area contributed by atoms with E-state index in [4.69, 9.17) is 4.74 Å². The minimum absolute atomic E-state index is 0.0144. The van der Waals surface area contributed by atoms with E-state index in [0.29, 0.717) is 34.6 Å². The molecule has 7 heteroatoms. The van der Waals surface area contributed by atoms with Crippen molar-refractivity contribution in [2.45, 2.75) is 33.1 Å². The number of aromatic hydroxyl groups is 1. The van der Waals surface area contributed by atoms with Gasteiger partial charge in [0, 0.05) is 22.6 Å². The summed E-state index contributed by atoms with van der Waals surface area (Å²) >= 11 is 0. The number of nitrogens with zero attached hydrogens (tertiary/aromatic N) is 1. The quantitative estimate of drug-likeness (QED) is 0.315. The summed E-state index contributed by atoms with van der Waals surface area (Å²) in [6, 6.07) is 12.4. The lowest BCUT2D eigenvalue weighted by molar-refractivity contribution is -0.123. The molecule has 2 aromatic carbocycles. The zero-order valence-electron chi connectivity index (χ0n) is 23.2. The van der Waals surface area contributed by atoms with E-state index in [2.05, 4.69) is 0 Å². The normalized spacial score (nSPS) is 25.7. The molecule has 1 N–H and O–H groups in total. The van der Waals surface area contributed by atoms with Gasteiger partial charge in [0.1, 0.15) is 0 Å². The van der Waals surface area contributed by atoms with Gasteiger partial charge in [-0.1, -0.05) is 48.9 Å². The van der Waals surface area contributed by atoms with Crippen LogP contribution in [0.1, 0.15) is 37.8 Å². The number of aryl methyl sites for hydroxylation is 1. The van der Waals surface area contributed by atoms with Gasteiger partial charge in [-0.05, 0) is 73.6 Å². The predicted octanol–water partition coefficient (Wildman–Crippen LogP) is 5.14. The molecule has 0 bridgehead atoms. The van der Waals surface area contributed by atoms with Gasteiger partial charge in [-0.25, -0.2) is 0 Å².